The Morgan fingerprint density at radius 2 is 2.33 bits per heavy atom. The molecule has 0 saturated heterocycles. The fourth-order valence-electron chi connectivity index (χ4n) is 0.881. The van der Waals surface area contributed by atoms with E-state index in [1.807, 2.05) is 0 Å². The molecule has 0 spiro atoms. The van der Waals surface area contributed by atoms with Gasteiger partial charge in [0.1, 0.15) is 5.69 Å². The van der Waals surface area contributed by atoms with Gasteiger partial charge in [0.15, 0.2) is 15.7 Å². The molecule has 0 amide bonds. The molecule has 12 heavy (non-hydrogen) atoms. The van der Waals surface area contributed by atoms with E-state index < -0.39 is 0 Å². The maximum Gasteiger partial charge on any atom is 0.194 e. The zero-order chi connectivity index (χ0) is 8.55. The van der Waals surface area contributed by atoms with Crippen LogP contribution in [0.3, 0.4) is 0 Å². The molecule has 0 aliphatic heterocycles. The number of hydrogen-bond donors (Lipinski definition) is 1. The quantitative estimate of drug-likeness (QED) is 0.841. The van der Waals surface area contributed by atoms with Crippen molar-refractivity contribution in [3.63, 3.8) is 0 Å². The van der Waals surface area contributed by atoms with Crippen LogP contribution in [0.2, 0.25) is 5.22 Å². The van der Waals surface area contributed by atoms with Crippen LogP contribution >= 0.6 is 27.5 Å². The van der Waals surface area contributed by atoms with E-state index in [0.717, 1.165) is 5.69 Å². The Balaban J connectivity index is 2.43. The first-order valence-electron chi connectivity index (χ1n) is 3.22. The van der Waals surface area contributed by atoms with Crippen molar-refractivity contribution in [1.29, 1.82) is 0 Å². The molecule has 3 nitrogen and oxygen atoms in total. The lowest BCUT2D eigenvalue weighted by Gasteiger charge is -1.87. The average molecular weight is 247 g/mol. The van der Waals surface area contributed by atoms with Crippen LogP contribution in [0.4, 0.5) is 0 Å². The molecule has 2 rings (SSSR count). The summed E-state index contributed by atoms with van der Waals surface area (Å²) in [5, 5.41) is 0.371. The number of imidazole rings is 1. The van der Waals surface area contributed by atoms with E-state index in [1.165, 1.54) is 0 Å². The summed E-state index contributed by atoms with van der Waals surface area (Å²) in [5.41, 5.74) is 0.800. The molecule has 0 fully saturated rings. The smallest absolute Gasteiger partial charge is 0.194 e. The molecule has 0 aliphatic carbocycles. The molecule has 62 valence electrons. The van der Waals surface area contributed by atoms with Gasteiger partial charge in [-0.05, 0) is 39.7 Å². The van der Waals surface area contributed by atoms with Crippen LogP contribution in [0.25, 0.3) is 11.5 Å². The molecule has 0 bridgehead atoms. The number of H-pyrrole nitrogens is 1. The van der Waals surface area contributed by atoms with E-state index >= 15 is 0 Å². The second-order valence-corrected chi connectivity index (χ2v) is 3.32. The molecule has 2 heterocycles. The van der Waals surface area contributed by atoms with Gasteiger partial charge in [-0.3, -0.25) is 0 Å². The van der Waals surface area contributed by atoms with Gasteiger partial charge >= 0.3 is 0 Å². The van der Waals surface area contributed by atoms with E-state index in [-0.39, 0.29) is 0 Å². The fraction of sp³-hybridized carbons (Fsp3) is 0. The van der Waals surface area contributed by atoms with Crippen LogP contribution in [0, 0.1) is 0 Å². The van der Waals surface area contributed by atoms with E-state index in [1.54, 1.807) is 18.3 Å². The van der Waals surface area contributed by atoms with Crippen molar-refractivity contribution in [2.24, 2.45) is 0 Å². The number of hydrogen-bond acceptors (Lipinski definition) is 2. The second-order valence-electron chi connectivity index (χ2n) is 2.19. The summed E-state index contributed by atoms with van der Waals surface area (Å²) < 4.78 is 5.83. The number of furan rings is 1. The van der Waals surface area contributed by atoms with Gasteiger partial charge in [0, 0.05) is 0 Å². The van der Waals surface area contributed by atoms with Crippen LogP contribution in [-0.2, 0) is 0 Å². The van der Waals surface area contributed by atoms with Crippen LogP contribution in [-0.4, -0.2) is 9.97 Å². The molecular formula is C7H4BrClN2O. The highest BCUT2D eigenvalue weighted by Gasteiger charge is 2.05. The third-order valence-corrected chi connectivity index (χ3v) is 1.99. The first-order chi connectivity index (χ1) is 5.75. The lowest BCUT2D eigenvalue weighted by molar-refractivity contribution is 0.582. The van der Waals surface area contributed by atoms with Crippen molar-refractivity contribution in [1.82, 2.24) is 9.97 Å². The van der Waals surface area contributed by atoms with Gasteiger partial charge in [0.25, 0.3) is 0 Å². The van der Waals surface area contributed by atoms with Crippen LogP contribution in [0.15, 0.2) is 27.5 Å². The van der Waals surface area contributed by atoms with Crippen LogP contribution in [0.5, 0.6) is 0 Å². The minimum absolute atomic E-state index is 0.371. The van der Waals surface area contributed by atoms with Crippen molar-refractivity contribution in [3.05, 3.63) is 28.3 Å². The van der Waals surface area contributed by atoms with E-state index in [4.69, 9.17) is 16.0 Å². The van der Waals surface area contributed by atoms with E-state index in [2.05, 4.69) is 25.9 Å². The Morgan fingerprint density at radius 3 is 2.83 bits per heavy atom. The predicted octanol–water partition coefficient (Wildman–Crippen LogP) is 3.09. The summed E-state index contributed by atoms with van der Waals surface area (Å²) in [4.78, 5) is 6.92. The van der Waals surface area contributed by atoms with E-state index in [9.17, 15) is 0 Å². The summed E-state index contributed by atoms with van der Waals surface area (Å²) in [6.07, 6.45) is 1.67. The molecule has 5 heteroatoms. The highest BCUT2D eigenvalue weighted by Crippen LogP contribution is 2.23. The first kappa shape index (κ1) is 7.89. The molecule has 0 atom stereocenters. The lowest BCUT2D eigenvalue weighted by Crippen LogP contribution is -1.70. The largest absolute Gasteiger partial charge is 0.443 e. The Morgan fingerprint density at radius 1 is 1.50 bits per heavy atom. The average Bonchev–Trinajstić information content (AvgIpc) is 2.58. The summed E-state index contributed by atoms with van der Waals surface area (Å²) in [6.45, 7) is 0. The molecule has 0 saturated carbocycles. The van der Waals surface area contributed by atoms with Crippen molar-refractivity contribution in [3.8, 4) is 11.5 Å². The summed E-state index contributed by atoms with van der Waals surface area (Å²) in [5.74, 6) is 0.679. The number of aromatic nitrogens is 2. The lowest BCUT2D eigenvalue weighted by atomic mass is 10.4. The summed E-state index contributed by atoms with van der Waals surface area (Å²) >= 11 is 8.80. The molecule has 1 N–H and O–H groups in total. The predicted molar refractivity (Wildman–Crippen MR) is 49.0 cm³/mol. The topological polar surface area (TPSA) is 41.8 Å². The maximum atomic E-state index is 5.60. The van der Waals surface area contributed by atoms with Gasteiger partial charge in [-0.1, -0.05) is 0 Å². The summed E-state index contributed by atoms with van der Waals surface area (Å²) in [7, 11) is 0. The Labute approximate surface area is 81.9 Å². The minimum atomic E-state index is 0.371. The molecule has 2 aromatic heterocycles. The van der Waals surface area contributed by atoms with Gasteiger partial charge in [0.2, 0.25) is 0 Å². The Kier molecular flexibility index (Phi) is 1.94. The van der Waals surface area contributed by atoms with Gasteiger partial charge in [0.05, 0.1) is 6.20 Å². The highest BCUT2D eigenvalue weighted by molar-refractivity contribution is 9.10. The second kappa shape index (κ2) is 2.95. The van der Waals surface area contributed by atoms with Gasteiger partial charge in [-0.15, -0.1) is 0 Å². The summed E-state index contributed by atoms with van der Waals surface area (Å²) in [6, 6.07) is 3.47. The number of nitrogens with zero attached hydrogens (tertiary/aromatic N) is 1. The van der Waals surface area contributed by atoms with Crippen molar-refractivity contribution in [2.75, 3.05) is 0 Å². The van der Waals surface area contributed by atoms with Crippen LogP contribution in [0.1, 0.15) is 0 Å². The number of aromatic amines is 1. The van der Waals surface area contributed by atoms with Gasteiger partial charge in [-0.2, -0.15) is 0 Å². The third-order valence-electron chi connectivity index (χ3n) is 1.38. The molecule has 0 aromatic carbocycles. The standard InChI is InChI=1S/C7H4BrClN2O/c8-7-10-3-4(11-7)5-1-2-6(9)12-5/h1-3H,(H,10,11). The number of halogens is 2. The normalized spacial score (nSPS) is 10.5. The molecule has 0 unspecified atom stereocenters. The van der Waals surface area contributed by atoms with Crippen molar-refractivity contribution in [2.45, 2.75) is 0 Å². The van der Waals surface area contributed by atoms with Gasteiger partial charge in [-0.25, -0.2) is 4.98 Å². The maximum absolute atomic E-state index is 5.60. The third kappa shape index (κ3) is 1.40. The van der Waals surface area contributed by atoms with Crippen molar-refractivity contribution >= 4 is 27.5 Å². The first-order valence-corrected chi connectivity index (χ1v) is 4.39. The fourth-order valence-corrected chi connectivity index (χ4v) is 1.34. The monoisotopic (exact) mass is 246 g/mol. The molecule has 0 radical (unpaired) electrons. The Hall–Kier alpha value is -0.740. The van der Waals surface area contributed by atoms with Gasteiger partial charge < -0.3 is 9.40 Å². The highest BCUT2D eigenvalue weighted by atomic mass is 79.9. The number of rotatable bonds is 1. The SMILES string of the molecule is Clc1ccc(-c2cnc(Br)[nH]2)o1. The molecular weight excluding hydrogens is 243 g/mol. The van der Waals surface area contributed by atoms with Crippen LogP contribution < -0.4 is 0 Å². The number of nitrogens with one attached hydrogen (secondary N) is 1. The van der Waals surface area contributed by atoms with E-state index in [0.29, 0.717) is 15.7 Å². The molecule has 2 aromatic rings. The van der Waals surface area contributed by atoms with Crippen molar-refractivity contribution < 1.29 is 4.42 Å². The molecule has 0 aliphatic rings. The Bertz CT molecular complexity index is 357. The zero-order valence-electron chi connectivity index (χ0n) is 5.84. The zero-order valence-corrected chi connectivity index (χ0v) is 8.19. The minimum Gasteiger partial charge on any atom is -0.443 e.